The van der Waals surface area contributed by atoms with Crippen molar-refractivity contribution in [2.75, 3.05) is 27.9 Å². The van der Waals surface area contributed by atoms with Gasteiger partial charge in [0.05, 0.1) is 33.5 Å². The van der Waals surface area contributed by atoms with Gasteiger partial charge in [-0.15, -0.1) is 0 Å². The van der Waals surface area contributed by atoms with Gasteiger partial charge in [-0.2, -0.15) is 0 Å². The molecule has 0 aliphatic carbocycles. The van der Waals surface area contributed by atoms with E-state index < -0.39 is 5.97 Å². The van der Waals surface area contributed by atoms with Gasteiger partial charge in [0, 0.05) is 17.1 Å². The van der Waals surface area contributed by atoms with Crippen molar-refractivity contribution in [1.29, 1.82) is 0 Å². The monoisotopic (exact) mass is 387 g/mol. The molecule has 7 heteroatoms. The highest BCUT2D eigenvalue weighted by Gasteiger charge is 2.18. The fourth-order valence-corrected chi connectivity index (χ4v) is 3.07. The van der Waals surface area contributed by atoms with Crippen LogP contribution >= 0.6 is 0 Å². The number of halogens is 1. The van der Waals surface area contributed by atoms with E-state index in [1.54, 1.807) is 18.2 Å². The van der Waals surface area contributed by atoms with Crippen LogP contribution in [0.5, 0.6) is 17.2 Å². The number of aromatic nitrogens is 1. The number of fused-ring (bicyclic) bond motifs is 1. The number of nitrogens with one attached hydrogen (secondary N) is 1. The first-order valence-electron chi connectivity index (χ1n) is 8.80. The third kappa shape index (κ3) is 4.03. The maximum Gasteiger partial charge on any atom is 0.338 e. The SMILES string of the molecule is COc1cc(C(=O)OCCCc2c[nH]c3ccc(F)cc23)cc(OC)c1OC. The Labute approximate surface area is 162 Å². The molecule has 0 unspecified atom stereocenters. The van der Waals surface area contributed by atoms with E-state index in [4.69, 9.17) is 18.9 Å². The number of benzene rings is 2. The Balaban J connectivity index is 1.62. The van der Waals surface area contributed by atoms with Crippen LogP contribution in [-0.2, 0) is 11.2 Å². The zero-order valence-corrected chi connectivity index (χ0v) is 16.0. The molecule has 0 atom stereocenters. The third-order valence-corrected chi connectivity index (χ3v) is 4.45. The number of hydrogen-bond acceptors (Lipinski definition) is 5. The molecule has 0 fully saturated rings. The Morgan fingerprint density at radius 1 is 1.04 bits per heavy atom. The van der Waals surface area contributed by atoms with Crippen molar-refractivity contribution in [3.05, 3.63) is 53.5 Å². The molecule has 28 heavy (non-hydrogen) atoms. The van der Waals surface area contributed by atoms with Crippen LogP contribution in [0.3, 0.4) is 0 Å². The van der Waals surface area contributed by atoms with Gasteiger partial charge in [-0.1, -0.05) is 0 Å². The van der Waals surface area contributed by atoms with Gasteiger partial charge in [0.1, 0.15) is 5.82 Å². The number of methoxy groups -OCH3 is 3. The predicted molar refractivity (Wildman–Crippen MR) is 103 cm³/mol. The number of H-pyrrole nitrogens is 1. The molecule has 1 heterocycles. The molecule has 3 aromatic rings. The van der Waals surface area contributed by atoms with Crippen molar-refractivity contribution in [3.8, 4) is 17.2 Å². The van der Waals surface area contributed by atoms with Crippen molar-refractivity contribution < 1.29 is 28.1 Å². The molecular formula is C21H22FNO5. The van der Waals surface area contributed by atoms with E-state index in [1.165, 1.54) is 33.5 Å². The van der Waals surface area contributed by atoms with E-state index in [0.717, 1.165) is 16.5 Å². The largest absolute Gasteiger partial charge is 0.493 e. The summed E-state index contributed by atoms with van der Waals surface area (Å²) in [5.74, 6) is 0.420. The van der Waals surface area contributed by atoms with Crippen molar-refractivity contribution in [1.82, 2.24) is 4.98 Å². The Kier molecular flexibility index (Phi) is 6.03. The minimum atomic E-state index is -0.482. The topological polar surface area (TPSA) is 69.8 Å². The average Bonchev–Trinajstić information content (AvgIpc) is 3.11. The summed E-state index contributed by atoms with van der Waals surface area (Å²) >= 11 is 0. The lowest BCUT2D eigenvalue weighted by atomic mass is 10.1. The molecule has 0 aliphatic heterocycles. The summed E-state index contributed by atoms with van der Waals surface area (Å²) in [5.41, 5.74) is 2.17. The molecule has 0 bridgehead atoms. The molecule has 0 saturated heterocycles. The fourth-order valence-electron chi connectivity index (χ4n) is 3.07. The minimum absolute atomic E-state index is 0.234. The standard InChI is InChI=1S/C21H22FNO5/c1-25-18-9-14(10-19(26-2)20(18)27-3)21(24)28-8-4-5-13-12-23-17-7-6-15(22)11-16(13)17/h6-7,9-12,23H,4-5,8H2,1-3H3. The Hall–Kier alpha value is -3.22. The quantitative estimate of drug-likeness (QED) is 0.465. The molecule has 0 spiro atoms. The predicted octanol–water partition coefficient (Wildman–Crippen LogP) is 4.12. The summed E-state index contributed by atoms with van der Waals surface area (Å²) < 4.78 is 34.5. The lowest BCUT2D eigenvalue weighted by Crippen LogP contribution is -2.08. The maximum atomic E-state index is 13.4. The van der Waals surface area contributed by atoms with Crippen molar-refractivity contribution in [2.24, 2.45) is 0 Å². The first-order chi connectivity index (χ1) is 13.6. The van der Waals surface area contributed by atoms with Crippen LogP contribution in [0.4, 0.5) is 4.39 Å². The number of ether oxygens (including phenoxy) is 4. The van der Waals surface area contributed by atoms with E-state index in [-0.39, 0.29) is 12.4 Å². The lowest BCUT2D eigenvalue weighted by molar-refractivity contribution is 0.0500. The molecule has 148 valence electrons. The lowest BCUT2D eigenvalue weighted by Gasteiger charge is -2.13. The van der Waals surface area contributed by atoms with E-state index in [1.807, 2.05) is 6.20 Å². The summed E-state index contributed by atoms with van der Waals surface area (Å²) in [7, 11) is 4.46. The highest BCUT2D eigenvalue weighted by Crippen LogP contribution is 2.38. The van der Waals surface area contributed by atoms with Crippen molar-refractivity contribution in [2.45, 2.75) is 12.8 Å². The Morgan fingerprint density at radius 2 is 1.75 bits per heavy atom. The van der Waals surface area contributed by atoms with Gasteiger partial charge in [-0.05, 0) is 48.7 Å². The summed E-state index contributed by atoms with van der Waals surface area (Å²) in [4.78, 5) is 15.5. The Bertz CT molecular complexity index is 957. The molecule has 0 saturated carbocycles. The summed E-state index contributed by atoms with van der Waals surface area (Å²) in [6.07, 6.45) is 3.12. The van der Waals surface area contributed by atoms with Gasteiger partial charge in [-0.3, -0.25) is 0 Å². The average molecular weight is 387 g/mol. The van der Waals surface area contributed by atoms with Crippen molar-refractivity contribution >= 4 is 16.9 Å². The second kappa shape index (κ2) is 8.65. The van der Waals surface area contributed by atoms with Gasteiger partial charge >= 0.3 is 5.97 Å². The van der Waals surface area contributed by atoms with Gasteiger partial charge in [0.2, 0.25) is 5.75 Å². The van der Waals surface area contributed by atoms with Gasteiger partial charge in [0.15, 0.2) is 11.5 Å². The Morgan fingerprint density at radius 3 is 2.39 bits per heavy atom. The molecule has 6 nitrogen and oxygen atoms in total. The van der Waals surface area contributed by atoms with Crippen LogP contribution in [0, 0.1) is 5.82 Å². The number of carbonyl (C=O) groups is 1. The maximum absolute atomic E-state index is 13.4. The van der Waals surface area contributed by atoms with Crippen LogP contribution in [0.1, 0.15) is 22.3 Å². The summed E-state index contributed by atoms with van der Waals surface area (Å²) in [6.45, 7) is 0.234. The molecule has 0 aliphatic rings. The fraction of sp³-hybridized carbons (Fsp3) is 0.286. The molecular weight excluding hydrogens is 365 g/mol. The highest BCUT2D eigenvalue weighted by molar-refractivity contribution is 5.91. The molecule has 3 rings (SSSR count). The van der Waals surface area contributed by atoms with E-state index >= 15 is 0 Å². The van der Waals surface area contributed by atoms with E-state index in [0.29, 0.717) is 35.7 Å². The summed E-state index contributed by atoms with van der Waals surface area (Å²) in [6, 6.07) is 7.72. The third-order valence-electron chi connectivity index (χ3n) is 4.45. The number of carbonyl (C=O) groups excluding carboxylic acids is 1. The molecule has 0 radical (unpaired) electrons. The highest BCUT2D eigenvalue weighted by atomic mass is 19.1. The normalized spacial score (nSPS) is 10.7. The first-order valence-corrected chi connectivity index (χ1v) is 8.80. The van der Waals surface area contributed by atoms with E-state index in [9.17, 15) is 9.18 Å². The second-order valence-corrected chi connectivity index (χ2v) is 6.16. The van der Waals surface area contributed by atoms with Crippen LogP contribution in [-0.4, -0.2) is 38.9 Å². The molecule has 1 aromatic heterocycles. The molecule has 2 aromatic carbocycles. The number of aryl methyl sites for hydroxylation is 1. The first kappa shape index (κ1) is 19.5. The molecule has 0 amide bonds. The zero-order chi connectivity index (χ0) is 20.1. The van der Waals surface area contributed by atoms with Crippen molar-refractivity contribution in [3.63, 3.8) is 0 Å². The second-order valence-electron chi connectivity index (χ2n) is 6.16. The smallest absolute Gasteiger partial charge is 0.338 e. The number of esters is 1. The van der Waals surface area contributed by atoms with Gasteiger partial charge in [-0.25, -0.2) is 9.18 Å². The van der Waals surface area contributed by atoms with Crippen LogP contribution in [0.2, 0.25) is 0 Å². The molecule has 1 N–H and O–H groups in total. The number of rotatable bonds is 8. The summed E-state index contributed by atoms with van der Waals surface area (Å²) in [5, 5.41) is 0.843. The number of hydrogen-bond donors (Lipinski definition) is 1. The number of aromatic amines is 1. The van der Waals surface area contributed by atoms with Crippen LogP contribution in [0.25, 0.3) is 10.9 Å². The van der Waals surface area contributed by atoms with Crippen LogP contribution < -0.4 is 14.2 Å². The van der Waals surface area contributed by atoms with Crippen LogP contribution in [0.15, 0.2) is 36.5 Å². The zero-order valence-electron chi connectivity index (χ0n) is 16.0. The minimum Gasteiger partial charge on any atom is -0.493 e. The van der Waals surface area contributed by atoms with Gasteiger partial charge < -0.3 is 23.9 Å². The van der Waals surface area contributed by atoms with E-state index in [2.05, 4.69) is 4.98 Å². The van der Waals surface area contributed by atoms with Gasteiger partial charge in [0.25, 0.3) is 0 Å².